The number of carbonyl (C=O) groups is 1. The second-order valence-electron chi connectivity index (χ2n) is 2.90. The predicted molar refractivity (Wildman–Crippen MR) is 47.0 cm³/mol. The van der Waals surface area contributed by atoms with Crippen molar-refractivity contribution in [1.29, 1.82) is 0 Å². The highest BCUT2D eigenvalue weighted by molar-refractivity contribution is 5.91. The van der Waals surface area contributed by atoms with Gasteiger partial charge in [0.05, 0.1) is 6.61 Å². The SMILES string of the molecule is CCOC(=O)c1c(C)cc(F)c(F)c1F. The molecule has 0 spiro atoms. The fourth-order valence-corrected chi connectivity index (χ4v) is 1.17. The highest BCUT2D eigenvalue weighted by atomic mass is 19.2. The molecule has 0 heterocycles. The molecule has 0 aliphatic carbocycles. The molecule has 0 unspecified atom stereocenters. The number of hydrogen-bond donors (Lipinski definition) is 0. The largest absolute Gasteiger partial charge is 0.462 e. The molecule has 0 N–H and O–H groups in total. The van der Waals surface area contributed by atoms with Crippen LogP contribution in [0.3, 0.4) is 0 Å². The molecule has 0 bridgehead atoms. The van der Waals surface area contributed by atoms with Gasteiger partial charge in [-0.1, -0.05) is 0 Å². The molecule has 2 nitrogen and oxygen atoms in total. The third-order valence-electron chi connectivity index (χ3n) is 1.84. The second kappa shape index (κ2) is 4.33. The highest BCUT2D eigenvalue weighted by Crippen LogP contribution is 2.20. The first kappa shape index (κ1) is 11.6. The van der Waals surface area contributed by atoms with E-state index < -0.39 is 29.0 Å². The Morgan fingerprint density at radius 2 is 1.93 bits per heavy atom. The molecule has 0 saturated carbocycles. The van der Waals surface area contributed by atoms with E-state index in [1.54, 1.807) is 0 Å². The Kier molecular flexibility index (Phi) is 3.34. The van der Waals surface area contributed by atoms with Gasteiger partial charge in [-0.15, -0.1) is 0 Å². The second-order valence-corrected chi connectivity index (χ2v) is 2.90. The van der Waals surface area contributed by atoms with Crippen LogP contribution >= 0.6 is 0 Å². The number of rotatable bonds is 2. The summed E-state index contributed by atoms with van der Waals surface area (Å²) in [7, 11) is 0. The Balaban J connectivity index is 3.29. The maximum atomic E-state index is 13.2. The summed E-state index contributed by atoms with van der Waals surface area (Å²) in [5.74, 6) is -5.49. The molecule has 15 heavy (non-hydrogen) atoms. The topological polar surface area (TPSA) is 26.3 Å². The van der Waals surface area contributed by atoms with Crippen molar-refractivity contribution in [3.05, 3.63) is 34.6 Å². The summed E-state index contributed by atoms with van der Waals surface area (Å²) in [6.45, 7) is 2.87. The van der Waals surface area contributed by atoms with Crippen molar-refractivity contribution in [2.75, 3.05) is 6.61 Å². The Hall–Kier alpha value is -1.52. The minimum Gasteiger partial charge on any atom is -0.462 e. The summed E-state index contributed by atoms with van der Waals surface area (Å²) in [5.41, 5.74) is -0.555. The van der Waals surface area contributed by atoms with Gasteiger partial charge in [0.15, 0.2) is 17.5 Å². The fraction of sp³-hybridized carbons (Fsp3) is 0.300. The Labute approximate surface area is 84.7 Å². The maximum absolute atomic E-state index is 13.2. The van der Waals surface area contributed by atoms with Gasteiger partial charge in [0, 0.05) is 0 Å². The van der Waals surface area contributed by atoms with E-state index in [0.717, 1.165) is 6.07 Å². The average Bonchev–Trinajstić information content (AvgIpc) is 2.15. The molecule has 0 aliphatic rings. The van der Waals surface area contributed by atoms with Crippen molar-refractivity contribution in [3.63, 3.8) is 0 Å². The molecular weight excluding hydrogens is 209 g/mol. The molecule has 1 rings (SSSR count). The quantitative estimate of drug-likeness (QED) is 0.563. The molecular formula is C10H9F3O2. The summed E-state index contributed by atoms with van der Waals surface area (Å²) >= 11 is 0. The summed E-state index contributed by atoms with van der Waals surface area (Å²) in [5, 5.41) is 0. The Morgan fingerprint density at radius 3 is 2.47 bits per heavy atom. The van der Waals surface area contributed by atoms with Crippen molar-refractivity contribution in [2.45, 2.75) is 13.8 Å². The lowest BCUT2D eigenvalue weighted by atomic mass is 10.1. The standard InChI is InChI=1S/C10H9F3O2/c1-3-15-10(14)7-5(2)4-6(11)8(12)9(7)13/h4H,3H2,1-2H3. The van der Waals surface area contributed by atoms with Crippen molar-refractivity contribution in [1.82, 2.24) is 0 Å². The van der Waals surface area contributed by atoms with Gasteiger partial charge in [-0.2, -0.15) is 0 Å². The number of halogens is 3. The van der Waals surface area contributed by atoms with Crippen LogP contribution in [-0.2, 0) is 4.74 Å². The molecule has 0 fully saturated rings. The number of aryl methyl sites for hydroxylation is 1. The van der Waals surface area contributed by atoms with E-state index in [0.29, 0.717) is 0 Å². The zero-order valence-electron chi connectivity index (χ0n) is 8.23. The molecule has 0 radical (unpaired) electrons. The minimum absolute atomic E-state index is 0.00449. The van der Waals surface area contributed by atoms with Crippen LogP contribution in [0.4, 0.5) is 13.2 Å². The van der Waals surface area contributed by atoms with Gasteiger partial charge in [0.2, 0.25) is 0 Å². The van der Waals surface area contributed by atoms with E-state index in [2.05, 4.69) is 4.74 Å². The van der Waals surface area contributed by atoms with Gasteiger partial charge >= 0.3 is 5.97 Å². The van der Waals surface area contributed by atoms with Crippen LogP contribution in [0.5, 0.6) is 0 Å². The summed E-state index contributed by atoms with van der Waals surface area (Å²) in [6.07, 6.45) is 0. The van der Waals surface area contributed by atoms with Crippen molar-refractivity contribution in [3.8, 4) is 0 Å². The average molecular weight is 218 g/mol. The highest BCUT2D eigenvalue weighted by Gasteiger charge is 2.22. The number of esters is 1. The first-order valence-electron chi connectivity index (χ1n) is 4.30. The van der Waals surface area contributed by atoms with Crippen LogP contribution in [0.1, 0.15) is 22.8 Å². The Bertz CT molecular complexity index is 402. The molecule has 82 valence electrons. The number of carbonyl (C=O) groups excluding carboxylic acids is 1. The lowest BCUT2D eigenvalue weighted by Crippen LogP contribution is -2.12. The van der Waals surface area contributed by atoms with E-state index in [9.17, 15) is 18.0 Å². The van der Waals surface area contributed by atoms with Gasteiger partial charge < -0.3 is 4.74 Å². The van der Waals surface area contributed by atoms with Crippen LogP contribution in [0, 0.1) is 24.4 Å². The van der Waals surface area contributed by atoms with E-state index in [1.165, 1.54) is 13.8 Å². The maximum Gasteiger partial charge on any atom is 0.341 e. The van der Waals surface area contributed by atoms with Crippen LogP contribution < -0.4 is 0 Å². The minimum atomic E-state index is -1.66. The van der Waals surface area contributed by atoms with E-state index in [1.807, 2.05) is 0 Å². The lowest BCUT2D eigenvalue weighted by Gasteiger charge is -2.07. The van der Waals surface area contributed by atoms with E-state index in [-0.39, 0.29) is 12.2 Å². The van der Waals surface area contributed by atoms with Crippen molar-refractivity contribution < 1.29 is 22.7 Å². The first-order chi connectivity index (χ1) is 6.99. The third-order valence-corrected chi connectivity index (χ3v) is 1.84. The zero-order valence-corrected chi connectivity index (χ0v) is 8.23. The number of ether oxygens (including phenoxy) is 1. The zero-order chi connectivity index (χ0) is 11.6. The molecule has 0 amide bonds. The van der Waals surface area contributed by atoms with Crippen LogP contribution in [0.25, 0.3) is 0 Å². The van der Waals surface area contributed by atoms with Crippen LogP contribution in [0.2, 0.25) is 0 Å². The number of hydrogen-bond acceptors (Lipinski definition) is 2. The van der Waals surface area contributed by atoms with Gasteiger partial charge in [0.25, 0.3) is 0 Å². The van der Waals surface area contributed by atoms with Crippen molar-refractivity contribution >= 4 is 5.97 Å². The smallest absolute Gasteiger partial charge is 0.341 e. The number of benzene rings is 1. The summed E-state index contributed by atoms with van der Waals surface area (Å²) < 4.78 is 43.2. The molecule has 5 heteroatoms. The summed E-state index contributed by atoms with van der Waals surface area (Å²) in [6, 6.07) is 0.755. The third kappa shape index (κ3) is 2.11. The van der Waals surface area contributed by atoms with Gasteiger partial charge in [-0.05, 0) is 25.5 Å². The summed E-state index contributed by atoms with van der Waals surface area (Å²) in [4.78, 5) is 11.2. The molecule has 1 aromatic carbocycles. The molecule has 0 aromatic heterocycles. The molecule has 1 aromatic rings. The van der Waals surface area contributed by atoms with E-state index >= 15 is 0 Å². The van der Waals surface area contributed by atoms with Crippen LogP contribution in [0.15, 0.2) is 6.07 Å². The first-order valence-corrected chi connectivity index (χ1v) is 4.30. The van der Waals surface area contributed by atoms with Gasteiger partial charge in [0.1, 0.15) is 5.56 Å². The molecule has 0 atom stereocenters. The van der Waals surface area contributed by atoms with Gasteiger partial charge in [-0.25, -0.2) is 18.0 Å². The normalized spacial score (nSPS) is 10.2. The fourth-order valence-electron chi connectivity index (χ4n) is 1.17. The van der Waals surface area contributed by atoms with E-state index in [4.69, 9.17) is 0 Å². The van der Waals surface area contributed by atoms with Crippen LogP contribution in [-0.4, -0.2) is 12.6 Å². The molecule has 0 aliphatic heterocycles. The Morgan fingerprint density at radius 1 is 1.33 bits per heavy atom. The lowest BCUT2D eigenvalue weighted by molar-refractivity contribution is 0.0518. The monoisotopic (exact) mass is 218 g/mol. The van der Waals surface area contributed by atoms with Crippen molar-refractivity contribution in [2.24, 2.45) is 0 Å². The molecule has 0 saturated heterocycles. The van der Waals surface area contributed by atoms with Gasteiger partial charge in [-0.3, -0.25) is 0 Å². The predicted octanol–water partition coefficient (Wildman–Crippen LogP) is 2.59.